The van der Waals surface area contributed by atoms with E-state index in [2.05, 4.69) is 5.32 Å². The lowest BCUT2D eigenvalue weighted by Crippen LogP contribution is -2.29. The molecule has 8 heteroatoms. The van der Waals surface area contributed by atoms with Gasteiger partial charge >= 0.3 is 0 Å². The number of rotatable bonds is 4. The van der Waals surface area contributed by atoms with E-state index in [1.807, 2.05) is 0 Å². The molecule has 1 saturated heterocycles. The molecule has 0 bridgehead atoms. The van der Waals surface area contributed by atoms with Gasteiger partial charge < -0.3 is 10.2 Å². The van der Waals surface area contributed by atoms with Crippen LogP contribution >= 0.6 is 0 Å². The van der Waals surface area contributed by atoms with Gasteiger partial charge in [0.1, 0.15) is 5.82 Å². The lowest BCUT2D eigenvalue weighted by atomic mass is 10.1. The summed E-state index contributed by atoms with van der Waals surface area (Å²) in [7, 11) is 0. The van der Waals surface area contributed by atoms with Gasteiger partial charge in [-0.25, -0.2) is 4.39 Å². The van der Waals surface area contributed by atoms with Crippen molar-refractivity contribution < 1.29 is 18.9 Å². The van der Waals surface area contributed by atoms with Gasteiger partial charge in [-0.3, -0.25) is 19.7 Å². The van der Waals surface area contributed by atoms with E-state index in [9.17, 15) is 24.1 Å². The predicted octanol–water partition coefficient (Wildman–Crippen LogP) is 3.34. The SMILES string of the molecule is Cc1ccc(N2CC(C(=O)Nc3cccc([N+](=O)[O-])c3C)CC2=O)c(F)c1. The Bertz CT molecular complexity index is 945. The summed E-state index contributed by atoms with van der Waals surface area (Å²) >= 11 is 0. The number of benzene rings is 2. The van der Waals surface area contributed by atoms with Gasteiger partial charge in [-0.2, -0.15) is 0 Å². The third-order valence-corrected chi connectivity index (χ3v) is 4.65. The van der Waals surface area contributed by atoms with Crippen LogP contribution in [0, 0.1) is 35.7 Å². The highest BCUT2D eigenvalue weighted by molar-refractivity contribution is 6.03. The number of aryl methyl sites for hydroxylation is 1. The molecular formula is C19H18FN3O4. The molecule has 3 rings (SSSR count). The Balaban J connectivity index is 1.77. The lowest BCUT2D eigenvalue weighted by Gasteiger charge is -2.18. The van der Waals surface area contributed by atoms with E-state index in [-0.39, 0.29) is 30.2 Å². The second kappa shape index (κ2) is 7.14. The smallest absolute Gasteiger partial charge is 0.274 e. The molecular weight excluding hydrogens is 353 g/mol. The minimum absolute atomic E-state index is 0.0485. The zero-order valence-electron chi connectivity index (χ0n) is 14.9. The van der Waals surface area contributed by atoms with Crippen molar-refractivity contribution in [3.05, 3.63) is 63.5 Å². The molecule has 2 aromatic carbocycles. The molecule has 1 heterocycles. The number of carbonyl (C=O) groups excluding carboxylic acids is 2. The van der Waals surface area contributed by atoms with Crippen LogP contribution in [0.3, 0.4) is 0 Å². The summed E-state index contributed by atoms with van der Waals surface area (Å²) in [6.07, 6.45) is -0.0485. The minimum atomic E-state index is -0.670. The third kappa shape index (κ3) is 3.64. The molecule has 7 nitrogen and oxygen atoms in total. The highest BCUT2D eigenvalue weighted by atomic mass is 19.1. The molecule has 1 aliphatic rings. The van der Waals surface area contributed by atoms with Crippen molar-refractivity contribution >= 4 is 28.9 Å². The van der Waals surface area contributed by atoms with Crippen LogP contribution in [0.2, 0.25) is 0 Å². The summed E-state index contributed by atoms with van der Waals surface area (Å²) < 4.78 is 14.2. The summed E-state index contributed by atoms with van der Waals surface area (Å²) in [6.45, 7) is 3.34. The van der Waals surface area contributed by atoms with Crippen LogP contribution in [0.15, 0.2) is 36.4 Å². The quantitative estimate of drug-likeness (QED) is 0.659. The molecule has 0 spiro atoms. The van der Waals surface area contributed by atoms with Crippen LogP contribution in [0.4, 0.5) is 21.5 Å². The van der Waals surface area contributed by atoms with Crippen molar-refractivity contribution in [1.82, 2.24) is 0 Å². The number of hydrogen-bond donors (Lipinski definition) is 1. The van der Waals surface area contributed by atoms with Crippen molar-refractivity contribution in [3.63, 3.8) is 0 Å². The fourth-order valence-electron chi connectivity index (χ4n) is 3.14. The molecule has 2 amide bonds. The number of nitro benzene ring substituents is 1. The van der Waals surface area contributed by atoms with E-state index in [4.69, 9.17) is 0 Å². The molecule has 0 radical (unpaired) electrons. The number of nitrogens with zero attached hydrogens (tertiary/aromatic N) is 2. The van der Waals surface area contributed by atoms with Crippen LogP contribution in [-0.2, 0) is 9.59 Å². The Labute approximate surface area is 154 Å². The molecule has 27 heavy (non-hydrogen) atoms. The molecule has 0 aromatic heterocycles. The van der Waals surface area contributed by atoms with Crippen LogP contribution in [0.25, 0.3) is 0 Å². The van der Waals surface area contributed by atoms with E-state index in [1.54, 1.807) is 26.0 Å². The van der Waals surface area contributed by atoms with Crippen LogP contribution in [-0.4, -0.2) is 23.3 Å². The van der Waals surface area contributed by atoms with E-state index in [0.717, 1.165) is 5.56 Å². The molecule has 0 aliphatic carbocycles. The molecule has 1 aliphatic heterocycles. The van der Waals surface area contributed by atoms with E-state index >= 15 is 0 Å². The average molecular weight is 371 g/mol. The highest BCUT2D eigenvalue weighted by Gasteiger charge is 2.36. The minimum Gasteiger partial charge on any atom is -0.325 e. The molecule has 140 valence electrons. The molecule has 2 aromatic rings. The Morgan fingerprint density at radius 1 is 1.30 bits per heavy atom. The second-order valence-electron chi connectivity index (χ2n) is 6.56. The zero-order valence-corrected chi connectivity index (χ0v) is 14.9. The van der Waals surface area contributed by atoms with E-state index in [0.29, 0.717) is 11.3 Å². The number of halogens is 1. The average Bonchev–Trinajstić information content (AvgIpc) is 2.98. The van der Waals surface area contributed by atoms with Gasteiger partial charge in [0.25, 0.3) is 5.69 Å². The summed E-state index contributed by atoms with van der Waals surface area (Å²) in [5.74, 6) is -1.95. The summed E-state index contributed by atoms with van der Waals surface area (Å²) in [6, 6.07) is 8.95. The van der Waals surface area contributed by atoms with Crippen LogP contribution in [0.5, 0.6) is 0 Å². The Kier molecular flexibility index (Phi) is 4.89. The first-order valence-electron chi connectivity index (χ1n) is 8.39. The van der Waals surface area contributed by atoms with Gasteiger partial charge in [0.2, 0.25) is 11.8 Å². The van der Waals surface area contributed by atoms with Gasteiger partial charge in [-0.1, -0.05) is 12.1 Å². The normalized spacial score (nSPS) is 16.5. The fraction of sp³-hybridized carbons (Fsp3) is 0.263. The number of hydrogen-bond acceptors (Lipinski definition) is 4. The summed E-state index contributed by atoms with van der Waals surface area (Å²) in [5.41, 5.74) is 1.44. The molecule has 1 unspecified atom stereocenters. The second-order valence-corrected chi connectivity index (χ2v) is 6.56. The Morgan fingerprint density at radius 3 is 2.70 bits per heavy atom. The Morgan fingerprint density at radius 2 is 2.04 bits per heavy atom. The first-order chi connectivity index (χ1) is 12.8. The van der Waals surface area contributed by atoms with Crippen molar-refractivity contribution in [3.8, 4) is 0 Å². The van der Waals surface area contributed by atoms with E-state index < -0.39 is 22.6 Å². The molecule has 1 N–H and O–H groups in total. The molecule has 1 fully saturated rings. The first-order valence-corrected chi connectivity index (χ1v) is 8.39. The number of amides is 2. The highest BCUT2D eigenvalue weighted by Crippen LogP contribution is 2.30. The number of nitrogens with one attached hydrogen (secondary N) is 1. The van der Waals surface area contributed by atoms with Gasteiger partial charge in [0.15, 0.2) is 0 Å². The topological polar surface area (TPSA) is 92.6 Å². The maximum Gasteiger partial charge on any atom is 0.274 e. The first kappa shape index (κ1) is 18.5. The summed E-state index contributed by atoms with van der Waals surface area (Å²) in [4.78, 5) is 36.6. The van der Waals surface area contributed by atoms with Gasteiger partial charge in [0, 0.05) is 19.0 Å². The lowest BCUT2D eigenvalue weighted by molar-refractivity contribution is -0.385. The number of carbonyl (C=O) groups is 2. The van der Waals surface area contributed by atoms with Crippen LogP contribution < -0.4 is 10.2 Å². The maximum absolute atomic E-state index is 14.2. The molecule has 0 saturated carbocycles. The molecule has 1 atom stereocenters. The number of nitro groups is 1. The van der Waals surface area contributed by atoms with Crippen molar-refractivity contribution in [2.24, 2.45) is 5.92 Å². The van der Waals surface area contributed by atoms with Gasteiger partial charge in [-0.05, 0) is 37.6 Å². The van der Waals surface area contributed by atoms with Gasteiger partial charge in [-0.15, -0.1) is 0 Å². The van der Waals surface area contributed by atoms with Crippen LogP contribution in [0.1, 0.15) is 17.5 Å². The van der Waals surface area contributed by atoms with Crippen molar-refractivity contribution in [2.45, 2.75) is 20.3 Å². The third-order valence-electron chi connectivity index (χ3n) is 4.65. The predicted molar refractivity (Wildman–Crippen MR) is 98.1 cm³/mol. The largest absolute Gasteiger partial charge is 0.325 e. The summed E-state index contributed by atoms with van der Waals surface area (Å²) in [5, 5.41) is 13.7. The Hall–Kier alpha value is -3.29. The van der Waals surface area contributed by atoms with Gasteiger partial charge in [0.05, 0.1) is 27.8 Å². The zero-order chi connectivity index (χ0) is 19.7. The number of anilines is 2. The van der Waals surface area contributed by atoms with Crippen molar-refractivity contribution in [2.75, 3.05) is 16.8 Å². The maximum atomic E-state index is 14.2. The van der Waals surface area contributed by atoms with E-state index in [1.165, 1.54) is 29.2 Å². The standard InChI is InChI=1S/C19H18FN3O4/c1-11-6-7-17(14(20)8-11)22-10-13(9-18(22)24)19(25)21-15-4-3-5-16(12(15)2)23(26)27/h3-8,13H,9-10H2,1-2H3,(H,21,25). The van der Waals surface area contributed by atoms with Crippen molar-refractivity contribution in [1.29, 1.82) is 0 Å². The monoisotopic (exact) mass is 371 g/mol. The fourth-order valence-corrected chi connectivity index (χ4v) is 3.14.